The molecule has 1 unspecified atom stereocenters. The van der Waals surface area contributed by atoms with Gasteiger partial charge in [-0.05, 0) is 33.8 Å². The summed E-state index contributed by atoms with van der Waals surface area (Å²) in [5.41, 5.74) is 2.34. The van der Waals surface area contributed by atoms with Crippen molar-refractivity contribution in [1.29, 1.82) is 0 Å². The van der Waals surface area contributed by atoms with Crippen molar-refractivity contribution < 1.29 is 9.90 Å². The van der Waals surface area contributed by atoms with E-state index in [2.05, 4.69) is 10.3 Å². The number of fused-ring (bicyclic) bond motifs is 1. The summed E-state index contributed by atoms with van der Waals surface area (Å²) in [4.78, 5) is 18.8. The number of aromatic nitrogens is 1. The Kier molecular flexibility index (Phi) is 5.71. The largest absolute Gasteiger partial charge is 0.508 e. The molecule has 3 aromatic carbocycles. The third kappa shape index (κ3) is 4.15. The lowest BCUT2D eigenvalue weighted by Gasteiger charge is -2.22. The number of nitrogens with zero attached hydrogens (tertiary/aromatic N) is 1. The van der Waals surface area contributed by atoms with Gasteiger partial charge in [0, 0.05) is 10.9 Å². The van der Waals surface area contributed by atoms with Gasteiger partial charge >= 0.3 is 0 Å². The minimum absolute atomic E-state index is 0.144. The lowest BCUT2D eigenvalue weighted by atomic mass is 9.92. The van der Waals surface area contributed by atoms with Gasteiger partial charge in [0.2, 0.25) is 5.91 Å². The number of thiophene rings is 1. The second-order valence-corrected chi connectivity index (χ2v) is 9.23. The Hall–Kier alpha value is -3.48. The van der Waals surface area contributed by atoms with Crippen LogP contribution in [0, 0.1) is 0 Å². The van der Waals surface area contributed by atoms with Gasteiger partial charge in [-0.1, -0.05) is 66.7 Å². The fraction of sp³-hybridized carbons (Fsp3) is 0.0769. The van der Waals surface area contributed by atoms with Crippen molar-refractivity contribution in [2.24, 2.45) is 0 Å². The zero-order chi connectivity index (χ0) is 21.9. The quantitative estimate of drug-likeness (QED) is 0.321. The first-order valence-corrected chi connectivity index (χ1v) is 12.0. The van der Waals surface area contributed by atoms with E-state index in [0.29, 0.717) is 5.56 Å². The number of phenolic OH excluding ortho intramolecular Hbond substituents is 1. The van der Waals surface area contributed by atoms with E-state index in [-0.39, 0.29) is 18.1 Å². The van der Waals surface area contributed by atoms with Gasteiger partial charge in [-0.2, -0.15) is 0 Å². The molecule has 0 spiro atoms. The second-order valence-electron chi connectivity index (χ2n) is 7.43. The van der Waals surface area contributed by atoms with Crippen molar-refractivity contribution in [1.82, 2.24) is 10.3 Å². The van der Waals surface area contributed by atoms with E-state index >= 15 is 0 Å². The van der Waals surface area contributed by atoms with Crippen LogP contribution in [0.3, 0.4) is 0 Å². The minimum atomic E-state index is -0.481. The molecule has 0 saturated carbocycles. The molecule has 32 heavy (non-hydrogen) atoms. The Morgan fingerprint density at radius 1 is 0.938 bits per heavy atom. The number of rotatable bonds is 6. The molecule has 0 saturated heterocycles. The Bertz CT molecular complexity index is 1360. The van der Waals surface area contributed by atoms with E-state index in [0.717, 1.165) is 31.9 Å². The molecule has 0 aliphatic carbocycles. The molecule has 6 heteroatoms. The monoisotopic (exact) mass is 456 g/mol. The SMILES string of the molecule is O=C(Cc1csc(-c2cccs2)n1)NC(c1ccccc1)c1c(O)ccc2ccccc12. The van der Waals surface area contributed by atoms with Gasteiger partial charge in [0.1, 0.15) is 10.8 Å². The van der Waals surface area contributed by atoms with E-state index in [9.17, 15) is 9.90 Å². The van der Waals surface area contributed by atoms with Gasteiger partial charge in [0.25, 0.3) is 0 Å². The van der Waals surface area contributed by atoms with Crippen molar-refractivity contribution in [3.63, 3.8) is 0 Å². The first-order valence-electron chi connectivity index (χ1n) is 10.2. The van der Waals surface area contributed by atoms with Crippen molar-refractivity contribution in [3.8, 4) is 15.6 Å². The molecular weight excluding hydrogens is 436 g/mol. The highest BCUT2D eigenvalue weighted by molar-refractivity contribution is 7.20. The Balaban J connectivity index is 1.47. The summed E-state index contributed by atoms with van der Waals surface area (Å²) < 4.78 is 0. The number of nitrogens with one attached hydrogen (secondary N) is 1. The standard InChI is InChI=1S/C26H20N2O2S2/c29-21-13-12-17-7-4-5-10-20(17)24(21)25(18-8-2-1-3-9-18)28-23(30)15-19-16-32-26(27-19)22-11-6-14-31-22/h1-14,16,25,29H,15H2,(H,28,30). The van der Waals surface area contributed by atoms with Crippen LogP contribution in [-0.4, -0.2) is 16.0 Å². The van der Waals surface area contributed by atoms with Crippen LogP contribution in [0.4, 0.5) is 0 Å². The summed E-state index contributed by atoms with van der Waals surface area (Å²) in [5, 5.41) is 20.7. The average molecular weight is 457 g/mol. The third-order valence-electron chi connectivity index (χ3n) is 5.30. The van der Waals surface area contributed by atoms with Crippen LogP contribution in [0.1, 0.15) is 22.9 Å². The molecule has 2 aromatic heterocycles. The zero-order valence-electron chi connectivity index (χ0n) is 17.1. The molecule has 0 aliphatic heterocycles. The lowest BCUT2D eigenvalue weighted by molar-refractivity contribution is -0.121. The van der Waals surface area contributed by atoms with Crippen molar-refractivity contribution in [2.45, 2.75) is 12.5 Å². The van der Waals surface area contributed by atoms with E-state index in [1.165, 1.54) is 0 Å². The fourth-order valence-electron chi connectivity index (χ4n) is 3.83. The van der Waals surface area contributed by atoms with Crippen LogP contribution in [0.25, 0.3) is 20.7 Å². The van der Waals surface area contributed by atoms with Crippen LogP contribution in [-0.2, 0) is 11.2 Å². The van der Waals surface area contributed by atoms with E-state index in [1.807, 2.05) is 83.6 Å². The van der Waals surface area contributed by atoms with Crippen LogP contribution >= 0.6 is 22.7 Å². The van der Waals surface area contributed by atoms with Crippen LogP contribution in [0.2, 0.25) is 0 Å². The fourth-order valence-corrected chi connectivity index (χ4v) is 5.47. The molecule has 5 rings (SSSR count). The van der Waals surface area contributed by atoms with E-state index in [4.69, 9.17) is 0 Å². The second kappa shape index (κ2) is 8.94. The number of carbonyl (C=O) groups excluding carboxylic acids is 1. The third-order valence-corrected chi connectivity index (χ3v) is 7.23. The number of carbonyl (C=O) groups is 1. The first-order chi connectivity index (χ1) is 15.7. The smallest absolute Gasteiger partial charge is 0.226 e. The number of hydrogen-bond acceptors (Lipinski definition) is 5. The van der Waals surface area contributed by atoms with Crippen LogP contribution < -0.4 is 5.32 Å². The van der Waals surface area contributed by atoms with Crippen LogP contribution in [0.15, 0.2) is 89.6 Å². The number of aromatic hydroxyl groups is 1. The highest BCUT2D eigenvalue weighted by Gasteiger charge is 2.23. The molecule has 0 bridgehead atoms. The maximum absolute atomic E-state index is 13.1. The predicted molar refractivity (Wildman–Crippen MR) is 131 cm³/mol. The summed E-state index contributed by atoms with van der Waals surface area (Å²) in [7, 11) is 0. The summed E-state index contributed by atoms with van der Waals surface area (Å²) >= 11 is 3.18. The topological polar surface area (TPSA) is 62.2 Å². The molecule has 158 valence electrons. The van der Waals surface area contributed by atoms with Gasteiger partial charge in [-0.25, -0.2) is 4.98 Å². The zero-order valence-corrected chi connectivity index (χ0v) is 18.7. The molecular formula is C26H20N2O2S2. The Labute approximate surface area is 193 Å². The van der Waals surface area contributed by atoms with Gasteiger partial charge in [0.05, 0.1) is 23.0 Å². The lowest BCUT2D eigenvalue weighted by Crippen LogP contribution is -2.31. The summed E-state index contributed by atoms with van der Waals surface area (Å²) in [6, 6.07) is 24.7. The van der Waals surface area contributed by atoms with Crippen molar-refractivity contribution in [3.05, 3.63) is 106 Å². The van der Waals surface area contributed by atoms with Gasteiger partial charge in [-0.3, -0.25) is 4.79 Å². The molecule has 0 fully saturated rings. The normalized spacial score (nSPS) is 12.0. The molecule has 1 atom stereocenters. The number of hydrogen-bond donors (Lipinski definition) is 2. The molecule has 1 amide bonds. The predicted octanol–water partition coefficient (Wildman–Crippen LogP) is 6.18. The number of thiazole rings is 1. The van der Waals surface area contributed by atoms with Gasteiger partial charge < -0.3 is 10.4 Å². The van der Waals surface area contributed by atoms with E-state index < -0.39 is 6.04 Å². The molecule has 2 heterocycles. The molecule has 5 aromatic rings. The first kappa shape index (κ1) is 20.4. The Morgan fingerprint density at radius 3 is 2.56 bits per heavy atom. The molecule has 4 nitrogen and oxygen atoms in total. The van der Waals surface area contributed by atoms with Gasteiger partial charge in [-0.15, -0.1) is 22.7 Å². The minimum Gasteiger partial charge on any atom is -0.508 e. The summed E-state index contributed by atoms with van der Waals surface area (Å²) in [5.74, 6) is 0.0145. The Morgan fingerprint density at radius 2 is 1.75 bits per heavy atom. The maximum Gasteiger partial charge on any atom is 0.226 e. The maximum atomic E-state index is 13.1. The number of amides is 1. The van der Waals surface area contributed by atoms with Crippen LogP contribution in [0.5, 0.6) is 5.75 Å². The average Bonchev–Trinajstić information content (AvgIpc) is 3.51. The molecule has 0 radical (unpaired) electrons. The summed E-state index contributed by atoms with van der Waals surface area (Å²) in [6.07, 6.45) is 0.177. The molecule has 2 N–H and O–H groups in total. The number of benzene rings is 3. The summed E-state index contributed by atoms with van der Waals surface area (Å²) in [6.45, 7) is 0. The molecule has 0 aliphatic rings. The van der Waals surface area contributed by atoms with E-state index in [1.54, 1.807) is 28.7 Å². The van der Waals surface area contributed by atoms with Crippen molar-refractivity contribution >= 4 is 39.4 Å². The highest BCUT2D eigenvalue weighted by atomic mass is 32.1. The van der Waals surface area contributed by atoms with Crippen molar-refractivity contribution in [2.75, 3.05) is 0 Å². The number of phenols is 1. The van der Waals surface area contributed by atoms with Gasteiger partial charge in [0.15, 0.2) is 0 Å². The highest BCUT2D eigenvalue weighted by Crippen LogP contribution is 2.36.